The molecule has 0 spiro atoms. The van der Waals surface area contributed by atoms with E-state index >= 15 is 0 Å². The van der Waals surface area contributed by atoms with Crippen molar-refractivity contribution < 1.29 is 33.3 Å². The average molecular weight is 571 g/mol. The van der Waals surface area contributed by atoms with Crippen molar-refractivity contribution in [3.63, 3.8) is 0 Å². The van der Waals surface area contributed by atoms with Gasteiger partial charge in [-0.15, -0.1) is 0 Å². The summed E-state index contributed by atoms with van der Waals surface area (Å²) in [5.41, 5.74) is -2.44. The largest absolute Gasteiger partial charge is 0.459 e. The molecule has 0 saturated carbocycles. The molecular formula is C31H26N2O9. The van der Waals surface area contributed by atoms with Gasteiger partial charge in [0.2, 0.25) is 0 Å². The van der Waals surface area contributed by atoms with Crippen LogP contribution in [0.3, 0.4) is 0 Å². The summed E-state index contributed by atoms with van der Waals surface area (Å²) >= 11 is 0. The number of carbonyl (C=O) groups excluding carboxylic acids is 3. The van der Waals surface area contributed by atoms with Gasteiger partial charge in [-0.25, -0.2) is 19.2 Å². The predicted octanol–water partition coefficient (Wildman–Crippen LogP) is 3.13. The fourth-order valence-corrected chi connectivity index (χ4v) is 4.57. The zero-order valence-corrected chi connectivity index (χ0v) is 22.4. The van der Waals surface area contributed by atoms with Gasteiger partial charge in [0, 0.05) is 12.3 Å². The fraction of sp³-hybridized carbons (Fsp3) is 0.194. The minimum Gasteiger partial charge on any atom is -0.459 e. The van der Waals surface area contributed by atoms with Crippen LogP contribution in [-0.4, -0.2) is 51.9 Å². The number of hydrogen-bond acceptors (Lipinski definition) is 9. The van der Waals surface area contributed by atoms with Gasteiger partial charge in [0.25, 0.3) is 5.56 Å². The summed E-state index contributed by atoms with van der Waals surface area (Å²) < 4.78 is 24.6. The molecule has 1 aromatic heterocycles. The molecule has 4 aromatic rings. The maximum atomic E-state index is 13.3. The van der Waals surface area contributed by atoms with Gasteiger partial charge < -0.3 is 18.9 Å². The van der Waals surface area contributed by atoms with Crippen molar-refractivity contribution in [1.82, 2.24) is 9.55 Å². The van der Waals surface area contributed by atoms with E-state index in [0.717, 1.165) is 10.6 Å². The zero-order chi connectivity index (χ0) is 29.7. The fourth-order valence-electron chi connectivity index (χ4n) is 4.57. The molecule has 0 amide bonds. The highest BCUT2D eigenvalue weighted by molar-refractivity contribution is 5.91. The van der Waals surface area contributed by atoms with Gasteiger partial charge in [-0.2, -0.15) is 0 Å². The Morgan fingerprint density at radius 1 is 0.762 bits per heavy atom. The maximum Gasteiger partial charge on any atom is 0.338 e. The van der Waals surface area contributed by atoms with Crippen molar-refractivity contribution in [3.8, 4) is 0 Å². The van der Waals surface area contributed by atoms with Crippen LogP contribution in [0.25, 0.3) is 0 Å². The van der Waals surface area contributed by atoms with E-state index in [9.17, 15) is 24.0 Å². The van der Waals surface area contributed by atoms with Gasteiger partial charge in [-0.1, -0.05) is 54.6 Å². The Bertz CT molecular complexity index is 1690. The quantitative estimate of drug-likeness (QED) is 0.250. The van der Waals surface area contributed by atoms with E-state index in [-0.39, 0.29) is 16.7 Å². The van der Waals surface area contributed by atoms with Crippen LogP contribution in [0.15, 0.2) is 113 Å². The zero-order valence-electron chi connectivity index (χ0n) is 22.4. The van der Waals surface area contributed by atoms with Crippen molar-refractivity contribution in [1.29, 1.82) is 0 Å². The molecule has 11 nitrogen and oxygen atoms in total. The minimum atomic E-state index is -1.61. The first kappa shape index (κ1) is 28.2. The Morgan fingerprint density at radius 3 is 1.79 bits per heavy atom. The lowest BCUT2D eigenvalue weighted by atomic mass is 9.97. The first-order chi connectivity index (χ1) is 20.2. The topological polar surface area (TPSA) is 143 Å². The average Bonchev–Trinajstić information content (AvgIpc) is 3.27. The van der Waals surface area contributed by atoms with Crippen molar-refractivity contribution in [2.24, 2.45) is 0 Å². The van der Waals surface area contributed by atoms with E-state index in [1.54, 1.807) is 78.9 Å². The van der Waals surface area contributed by atoms with Crippen LogP contribution in [0, 0.1) is 0 Å². The van der Waals surface area contributed by atoms with E-state index in [1.165, 1.54) is 25.3 Å². The molecule has 0 radical (unpaired) electrons. The molecule has 1 N–H and O–H groups in total. The Balaban J connectivity index is 1.54. The van der Waals surface area contributed by atoms with Crippen molar-refractivity contribution in [2.45, 2.75) is 31.0 Å². The number of aromatic amines is 1. The molecule has 0 bridgehead atoms. The summed E-state index contributed by atoms with van der Waals surface area (Å²) in [5.74, 6) is -2.21. The van der Waals surface area contributed by atoms with Crippen molar-refractivity contribution >= 4 is 17.9 Å². The van der Waals surface area contributed by atoms with Gasteiger partial charge in [0.1, 0.15) is 12.2 Å². The van der Waals surface area contributed by atoms with Gasteiger partial charge in [-0.05, 0) is 43.3 Å². The van der Waals surface area contributed by atoms with Crippen LogP contribution in [-0.2, 0) is 18.9 Å². The first-order valence-electron chi connectivity index (χ1n) is 13.0. The summed E-state index contributed by atoms with van der Waals surface area (Å²) in [6.45, 7) is 1.07. The molecule has 5 rings (SSSR count). The van der Waals surface area contributed by atoms with Crippen LogP contribution in [0.1, 0.15) is 44.2 Å². The first-order valence-corrected chi connectivity index (χ1v) is 13.0. The lowest BCUT2D eigenvalue weighted by Crippen LogP contribution is -2.49. The Morgan fingerprint density at radius 2 is 1.26 bits per heavy atom. The number of H-pyrrole nitrogens is 1. The number of aromatic nitrogens is 2. The molecule has 1 saturated heterocycles. The molecule has 0 unspecified atom stereocenters. The van der Waals surface area contributed by atoms with Gasteiger partial charge >= 0.3 is 23.6 Å². The number of esters is 3. The molecule has 11 heteroatoms. The molecular weight excluding hydrogens is 544 g/mol. The molecule has 3 aromatic carbocycles. The maximum absolute atomic E-state index is 13.3. The Labute approximate surface area is 239 Å². The summed E-state index contributed by atoms with van der Waals surface area (Å²) in [6, 6.07) is 25.5. The minimum absolute atomic E-state index is 0.197. The second-order valence-electron chi connectivity index (χ2n) is 9.71. The van der Waals surface area contributed by atoms with E-state index < -0.39 is 59.8 Å². The Hall–Kier alpha value is -5.29. The molecule has 4 atom stereocenters. The second-order valence-corrected chi connectivity index (χ2v) is 9.71. The molecule has 1 aliphatic heterocycles. The third-order valence-corrected chi connectivity index (χ3v) is 6.69. The smallest absolute Gasteiger partial charge is 0.338 e. The monoisotopic (exact) mass is 570 g/mol. The molecule has 1 fully saturated rings. The normalized spacial score (nSPS) is 21.3. The summed E-state index contributed by atoms with van der Waals surface area (Å²) in [5, 5.41) is 0. The third kappa shape index (κ3) is 6.06. The highest BCUT2D eigenvalue weighted by atomic mass is 16.7. The number of benzene rings is 3. The van der Waals surface area contributed by atoms with E-state index in [0.29, 0.717) is 0 Å². The van der Waals surface area contributed by atoms with Crippen LogP contribution < -0.4 is 11.2 Å². The highest BCUT2D eigenvalue weighted by Crippen LogP contribution is 2.41. The van der Waals surface area contributed by atoms with Gasteiger partial charge in [0.15, 0.2) is 18.4 Å². The number of nitrogens with one attached hydrogen (secondary N) is 1. The van der Waals surface area contributed by atoms with Crippen LogP contribution in [0.2, 0.25) is 0 Å². The standard InChI is InChI=1S/C31H26N2O9/c1-31(19-39-27(35)20-11-5-2-6-12-20)25(41-29(37)22-15-9-4-10-16-22)24(40-28(36)21-13-7-3-8-14-21)26(42-31)33-18-17-23(34)32-30(33)38/h2-18,24-26H,19H2,1H3,(H,32,34,38)/t24-,25-,26+,31+/m0/s1. The number of hydrogen-bond donors (Lipinski definition) is 1. The van der Waals surface area contributed by atoms with Crippen LogP contribution in [0.4, 0.5) is 0 Å². The lowest BCUT2D eigenvalue weighted by Gasteiger charge is -2.30. The van der Waals surface area contributed by atoms with Crippen LogP contribution >= 0.6 is 0 Å². The number of carbonyl (C=O) groups is 3. The second kappa shape index (κ2) is 12.1. The number of nitrogens with zero attached hydrogens (tertiary/aromatic N) is 1. The summed E-state index contributed by atoms with van der Waals surface area (Å²) in [7, 11) is 0. The van der Waals surface area contributed by atoms with Gasteiger partial charge in [0.05, 0.1) is 16.7 Å². The van der Waals surface area contributed by atoms with Crippen molar-refractivity contribution in [2.75, 3.05) is 6.61 Å². The predicted molar refractivity (Wildman–Crippen MR) is 148 cm³/mol. The van der Waals surface area contributed by atoms with Crippen LogP contribution in [0.5, 0.6) is 0 Å². The lowest BCUT2D eigenvalue weighted by molar-refractivity contribution is -0.122. The van der Waals surface area contributed by atoms with E-state index in [4.69, 9.17) is 18.9 Å². The molecule has 0 aliphatic carbocycles. The molecule has 214 valence electrons. The summed E-state index contributed by atoms with van der Waals surface area (Å²) in [4.78, 5) is 66.1. The Kier molecular flexibility index (Phi) is 8.12. The number of rotatable bonds is 8. The third-order valence-electron chi connectivity index (χ3n) is 6.69. The van der Waals surface area contributed by atoms with Gasteiger partial charge in [-0.3, -0.25) is 14.3 Å². The van der Waals surface area contributed by atoms with E-state index in [1.807, 2.05) is 0 Å². The summed E-state index contributed by atoms with van der Waals surface area (Å²) in [6.07, 6.45) is -2.98. The highest BCUT2D eigenvalue weighted by Gasteiger charge is 2.58. The SMILES string of the molecule is C[C@]1(COC(=O)c2ccccc2)O[C@@H](n2ccc(=O)[nH]c2=O)[C@@H](OC(=O)c2ccccc2)[C@@H]1OC(=O)c1ccccc1. The molecule has 42 heavy (non-hydrogen) atoms. The number of ether oxygens (including phenoxy) is 4. The molecule has 1 aliphatic rings. The van der Waals surface area contributed by atoms with E-state index in [2.05, 4.69) is 4.98 Å². The van der Waals surface area contributed by atoms with Crippen molar-refractivity contribution in [3.05, 3.63) is 141 Å². The molecule has 2 heterocycles.